The molecule has 0 bridgehead atoms. The second-order valence-corrected chi connectivity index (χ2v) is 10.5. The highest BCUT2D eigenvalue weighted by molar-refractivity contribution is 7.91. The highest BCUT2D eigenvalue weighted by Crippen LogP contribution is 2.33. The van der Waals surface area contributed by atoms with E-state index >= 15 is 0 Å². The van der Waals surface area contributed by atoms with Crippen LogP contribution in [0.1, 0.15) is 49.7 Å². The molecule has 0 aliphatic heterocycles. The summed E-state index contributed by atoms with van der Waals surface area (Å²) in [6, 6.07) is 14.4. The summed E-state index contributed by atoms with van der Waals surface area (Å²) in [6.45, 7) is 3.86. The van der Waals surface area contributed by atoms with E-state index in [4.69, 9.17) is 23.2 Å². The van der Waals surface area contributed by atoms with E-state index in [0.717, 1.165) is 19.3 Å². The van der Waals surface area contributed by atoms with Crippen molar-refractivity contribution >= 4 is 33.0 Å². The smallest absolute Gasteiger partial charge is 0.224 e. The Labute approximate surface area is 193 Å². The molecule has 0 saturated heterocycles. The first-order valence-corrected chi connectivity index (χ1v) is 12.4. The molecule has 1 N–H and O–H groups in total. The van der Waals surface area contributed by atoms with Crippen LogP contribution in [0.2, 0.25) is 10.0 Å². The van der Waals surface area contributed by atoms with Crippen molar-refractivity contribution in [3.05, 3.63) is 75.7 Å². The molecule has 3 aromatic rings. The molecule has 8 heteroatoms. The van der Waals surface area contributed by atoms with Crippen LogP contribution in [0, 0.1) is 0 Å². The molecule has 31 heavy (non-hydrogen) atoms. The van der Waals surface area contributed by atoms with Crippen LogP contribution < -0.4 is 0 Å². The van der Waals surface area contributed by atoms with Crippen molar-refractivity contribution in [2.75, 3.05) is 0 Å². The Morgan fingerprint density at radius 1 is 1.03 bits per heavy atom. The molecule has 0 aliphatic rings. The van der Waals surface area contributed by atoms with Crippen LogP contribution >= 0.6 is 23.2 Å². The summed E-state index contributed by atoms with van der Waals surface area (Å²) in [4.78, 5) is 4.49. The molecular formula is C23H26Cl2N2O3S. The Kier molecular flexibility index (Phi) is 7.81. The number of hydrogen-bond acceptors (Lipinski definition) is 4. The predicted octanol–water partition coefficient (Wildman–Crippen LogP) is 5.66. The van der Waals surface area contributed by atoms with Crippen molar-refractivity contribution in [1.82, 2.24) is 9.55 Å². The lowest BCUT2D eigenvalue weighted by molar-refractivity contribution is 0.262. The fourth-order valence-corrected chi connectivity index (χ4v) is 6.04. The van der Waals surface area contributed by atoms with Gasteiger partial charge in [-0.15, -0.1) is 0 Å². The van der Waals surface area contributed by atoms with Gasteiger partial charge < -0.3 is 9.67 Å². The van der Waals surface area contributed by atoms with Gasteiger partial charge in [0.15, 0.2) is 5.03 Å². The van der Waals surface area contributed by atoms with E-state index in [2.05, 4.69) is 17.1 Å². The summed E-state index contributed by atoms with van der Waals surface area (Å²) in [7, 11) is -3.95. The van der Waals surface area contributed by atoms with E-state index in [1.807, 2.05) is 32.0 Å². The third-order valence-electron chi connectivity index (χ3n) is 5.05. The number of halogens is 2. The third-order valence-corrected chi connectivity index (χ3v) is 7.29. The Morgan fingerprint density at radius 3 is 2.26 bits per heavy atom. The first kappa shape index (κ1) is 23.8. The molecule has 3 rings (SSSR count). The molecular weight excluding hydrogens is 455 g/mol. The Balaban J connectivity index is 1.97. The maximum Gasteiger partial charge on any atom is 0.224 e. The molecule has 0 radical (unpaired) electrons. The lowest BCUT2D eigenvalue weighted by Crippen LogP contribution is -2.15. The first-order valence-electron chi connectivity index (χ1n) is 10.2. The highest BCUT2D eigenvalue weighted by atomic mass is 35.5. The summed E-state index contributed by atoms with van der Waals surface area (Å²) in [5.41, 5.74) is 1.67. The molecule has 2 aromatic carbocycles. The van der Waals surface area contributed by atoms with Gasteiger partial charge in [-0.05, 0) is 48.9 Å². The van der Waals surface area contributed by atoms with Crippen LogP contribution in [-0.2, 0) is 29.4 Å². The molecule has 1 heterocycles. The number of unbranched alkanes of at least 4 members (excludes halogenated alkanes) is 1. The van der Waals surface area contributed by atoms with Crippen molar-refractivity contribution in [3.8, 4) is 0 Å². The van der Waals surface area contributed by atoms with Crippen molar-refractivity contribution in [2.24, 2.45) is 0 Å². The van der Waals surface area contributed by atoms with E-state index in [1.54, 1.807) is 4.57 Å². The Bertz CT molecular complexity index is 1120. The van der Waals surface area contributed by atoms with Gasteiger partial charge in [-0.1, -0.05) is 67.4 Å². The maximum atomic E-state index is 13.6. The largest absolute Gasteiger partial charge is 0.388 e. The average molecular weight is 481 g/mol. The van der Waals surface area contributed by atoms with Crippen molar-refractivity contribution in [2.45, 2.75) is 62.1 Å². The molecule has 0 unspecified atom stereocenters. The number of aromatic nitrogens is 2. The van der Waals surface area contributed by atoms with Gasteiger partial charge in [0, 0.05) is 16.6 Å². The van der Waals surface area contributed by atoms with E-state index in [1.165, 1.54) is 23.8 Å². The van der Waals surface area contributed by atoms with E-state index in [9.17, 15) is 13.5 Å². The van der Waals surface area contributed by atoms with Gasteiger partial charge in [0.1, 0.15) is 12.4 Å². The number of rotatable bonds is 9. The maximum absolute atomic E-state index is 13.6. The van der Waals surface area contributed by atoms with Crippen molar-refractivity contribution in [3.63, 3.8) is 0 Å². The quantitative estimate of drug-likeness (QED) is 0.400. The van der Waals surface area contributed by atoms with E-state index in [0.29, 0.717) is 18.1 Å². The predicted molar refractivity (Wildman–Crippen MR) is 124 cm³/mol. The van der Waals surface area contributed by atoms with Crippen LogP contribution in [0.4, 0.5) is 0 Å². The lowest BCUT2D eigenvalue weighted by atomic mass is 10.1. The van der Waals surface area contributed by atoms with Gasteiger partial charge in [-0.25, -0.2) is 13.4 Å². The molecule has 0 spiro atoms. The van der Waals surface area contributed by atoms with E-state index in [-0.39, 0.29) is 32.5 Å². The number of aliphatic hydroxyl groups is 1. The molecule has 1 aromatic heterocycles. The van der Waals surface area contributed by atoms with Crippen LogP contribution in [0.15, 0.2) is 58.5 Å². The number of aliphatic hydroxyl groups excluding tert-OH is 1. The summed E-state index contributed by atoms with van der Waals surface area (Å²) in [6.07, 6.45) is 2.52. The van der Waals surface area contributed by atoms with Crippen molar-refractivity contribution < 1.29 is 13.5 Å². The van der Waals surface area contributed by atoms with Crippen molar-refractivity contribution in [1.29, 1.82) is 0 Å². The topological polar surface area (TPSA) is 72.2 Å². The molecule has 0 saturated carbocycles. The molecule has 166 valence electrons. The number of imidazole rings is 1. The summed E-state index contributed by atoms with van der Waals surface area (Å²) in [5.74, 6) is 0.199. The molecule has 0 fully saturated rings. The average Bonchev–Trinajstić information content (AvgIpc) is 3.11. The summed E-state index contributed by atoms with van der Waals surface area (Å²) in [5, 5.41) is 10.5. The zero-order valence-corrected chi connectivity index (χ0v) is 19.9. The van der Waals surface area contributed by atoms with Gasteiger partial charge in [0.25, 0.3) is 0 Å². The number of nitrogens with zero attached hydrogens (tertiary/aromatic N) is 2. The number of aryl methyl sites for hydroxylation is 1. The van der Waals surface area contributed by atoms with Crippen LogP contribution in [0.25, 0.3) is 0 Å². The molecule has 0 aliphatic carbocycles. The zero-order valence-electron chi connectivity index (χ0n) is 17.6. The van der Waals surface area contributed by atoms with Gasteiger partial charge in [-0.3, -0.25) is 0 Å². The SMILES string of the molecule is CC(C)c1nc(CO)n(CCCCc2ccccc2)c1S(=O)(=O)c1cc(Cl)cc(Cl)c1. The summed E-state index contributed by atoms with van der Waals surface area (Å²) >= 11 is 12.1. The van der Waals surface area contributed by atoms with Gasteiger partial charge >= 0.3 is 0 Å². The first-order chi connectivity index (χ1) is 14.7. The van der Waals surface area contributed by atoms with Crippen LogP contribution in [-0.4, -0.2) is 23.1 Å². The zero-order chi connectivity index (χ0) is 22.6. The standard InChI is InChI=1S/C23H26Cl2N2O3S/c1-16(2)22-23(31(29,30)20-13-18(24)12-19(25)14-20)27(21(15-28)26-22)11-7-6-10-17-8-4-3-5-9-17/h3-5,8-9,12-14,16,28H,6-7,10-11,15H2,1-2H3. The van der Waals surface area contributed by atoms with Gasteiger partial charge in [0.2, 0.25) is 9.84 Å². The number of hydrogen-bond donors (Lipinski definition) is 1. The van der Waals surface area contributed by atoms with E-state index < -0.39 is 9.84 Å². The van der Waals surface area contributed by atoms with Crippen LogP contribution in [0.5, 0.6) is 0 Å². The normalized spacial score (nSPS) is 11.9. The minimum absolute atomic E-state index is 0.0156. The van der Waals surface area contributed by atoms with Crippen LogP contribution in [0.3, 0.4) is 0 Å². The Morgan fingerprint density at radius 2 is 1.68 bits per heavy atom. The molecule has 0 atom stereocenters. The molecule has 5 nitrogen and oxygen atoms in total. The minimum Gasteiger partial charge on any atom is -0.388 e. The number of benzene rings is 2. The van der Waals surface area contributed by atoms with Gasteiger partial charge in [0.05, 0.1) is 10.6 Å². The second kappa shape index (κ2) is 10.2. The second-order valence-electron chi connectivity index (χ2n) is 7.73. The fourth-order valence-electron chi connectivity index (χ4n) is 3.55. The Hall–Kier alpha value is -1.86. The monoisotopic (exact) mass is 480 g/mol. The summed E-state index contributed by atoms with van der Waals surface area (Å²) < 4.78 is 28.8. The molecule has 0 amide bonds. The minimum atomic E-state index is -3.95. The highest BCUT2D eigenvalue weighted by Gasteiger charge is 2.31. The number of sulfone groups is 1. The lowest BCUT2D eigenvalue weighted by Gasteiger charge is -2.14. The fraction of sp³-hybridized carbons (Fsp3) is 0.348. The van der Waals surface area contributed by atoms with Gasteiger partial charge in [-0.2, -0.15) is 0 Å². The third kappa shape index (κ3) is 5.50.